The first-order valence-electron chi connectivity index (χ1n) is 15.4. The van der Waals surface area contributed by atoms with Gasteiger partial charge in [-0.3, -0.25) is 14.5 Å². The largest absolute Gasteiger partial charge is 0.491 e. The van der Waals surface area contributed by atoms with E-state index in [1.165, 1.54) is 0 Å². The maximum absolute atomic E-state index is 13.6. The van der Waals surface area contributed by atoms with E-state index in [-0.39, 0.29) is 31.3 Å². The van der Waals surface area contributed by atoms with Gasteiger partial charge in [0.05, 0.1) is 25.2 Å². The van der Waals surface area contributed by atoms with Crippen molar-refractivity contribution in [2.75, 3.05) is 38.4 Å². The molecule has 2 N–H and O–H groups in total. The number of amides is 1. The Hall–Kier alpha value is -4.08. The fourth-order valence-corrected chi connectivity index (χ4v) is 6.24. The summed E-state index contributed by atoms with van der Waals surface area (Å²) in [6.07, 6.45) is 1.71. The van der Waals surface area contributed by atoms with Gasteiger partial charge in [-0.05, 0) is 73.2 Å². The minimum absolute atomic E-state index is 0.0431. The van der Waals surface area contributed by atoms with Crippen molar-refractivity contribution in [1.29, 1.82) is 0 Å². The van der Waals surface area contributed by atoms with E-state index in [2.05, 4.69) is 19.2 Å². The van der Waals surface area contributed by atoms with Gasteiger partial charge in [-0.15, -0.1) is 0 Å². The van der Waals surface area contributed by atoms with Crippen LogP contribution in [0.4, 0.5) is 5.69 Å². The molecule has 2 aliphatic rings. The zero-order valence-corrected chi connectivity index (χ0v) is 25.9. The molecule has 0 radical (unpaired) electrons. The van der Waals surface area contributed by atoms with Crippen LogP contribution in [0.3, 0.4) is 0 Å². The number of para-hydroxylation sites is 1. The van der Waals surface area contributed by atoms with E-state index in [0.29, 0.717) is 37.0 Å². The van der Waals surface area contributed by atoms with Crippen molar-refractivity contribution in [3.05, 3.63) is 82.9 Å². The number of carbonyl (C=O) groups is 2. The summed E-state index contributed by atoms with van der Waals surface area (Å²) in [5.74, 6) is -0.359. The van der Waals surface area contributed by atoms with Gasteiger partial charge in [0.2, 0.25) is 12.7 Å². The second-order valence-electron chi connectivity index (χ2n) is 11.5. The number of ether oxygens (including phenoxy) is 4. The Morgan fingerprint density at radius 3 is 2.30 bits per heavy atom. The Morgan fingerprint density at radius 2 is 1.64 bits per heavy atom. The number of anilines is 1. The summed E-state index contributed by atoms with van der Waals surface area (Å²) in [5, 5.41) is 13.8. The molecule has 9 nitrogen and oxygen atoms in total. The second-order valence-corrected chi connectivity index (χ2v) is 11.5. The zero-order valence-electron chi connectivity index (χ0n) is 25.9. The minimum atomic E-state index is -0.920. The van der Waals surface area contributed by atoms with Crippen LogP contribution in [0.1, 0.15) is 61.9 Å². The number of aliphatic carboxylic acids is 1. The molecular weight excluding hydrogens is 560 g/mol. The number of nitrogens with zero attached hydrogens (tertiary/aromatic N) is 1. The molecule has 44 heavy (non-hydrogen) atoms. The molecule has 1 saturated heterocycles. The van der Waals surface area contributed by atoms with Gasteiger partial charge in [-0.2, -0.15) is 0 Å². The molecule has 0 bridgehead atoms. The number of carboxylic acid groups (broad SMARTS) is 1. The van der Waals surface area contributed by atoms with Crippen molar-refractivity contribution in [3.8, 4) is 17.2 Å². The molecule has 0 unspecified atom stereocenters. The molecule has 3 aromatic rings. The smallest absolute Gasteiger partial charge is 0.309 e. The van der Waals surface area contributed by atoms with Gasteiger partial charge in [0.15, 0.2) is 11.5 Å². The van der Waals surface area contributed by atoms with Crippen LogP contribution in [-0.2, 0) is 27.2 Å². The number of hydrogen-bond acceptors (Lipinski definition) is 7. The van der Waals surface area contributed by atoms with Gasteiger partial charge >= 0.3 is 5.97 Å². The maximum Gasteiger partial charge on any atom is 0.309 e. The van der Waals surface area contributed by atoms with Crippen LogP contribution in [-0.4, -0.2) is 61.1 Å². The summed E-state index contributed by atoms with van der Waals surface area (Å²) in [7, 11) is 0. The lowest BCUT2D eigenvalue weighted by Gasteiger charge is -2.27. The van der Waals surface area contributed by atoms with E-state index in [0.717, 1.165) is 40.8 Å². The van der Waals surface area contributed by atoms with E-state index in [9.17, 15) is 14.7 Å². The molecule has 3 aromatic carbocycles. The summed E-state index contributed by atoms with van der Waals surface area (Å²) in [6, 6.07) is 18.6. The van der Waals surface area contributed by atoms with Crippen LogP contribution in [0.15, 0.2) is 60.7 Å². The van der Waals surface area contributed by atoms with Crippen molar-refractivity contribution < 1.29 is 33.6 Å². The first-order chi connectivity index (χ1) is 21.3. The second kappa shape index (κ2) is 14.1. The average Bonchev–Trinajstić information content (AvgIpc) is 3.64. The van der Waals surface area contributed by atoms with E-state index in [4.69, 9.17) is 18.9 Å². The standard InChI is InChI=1S/C35H42N2O7/c1-5-23-8-7-9-24(6-2)33(23)36-31(38)20-37-19-28(26-12-15-29-30(18-26)44-21-43-29)32(35(39)40)34(37)25-10-13-27(14-11-25)42-17-16-41-22(3)4/h7-15,18,22,28,32,34H,5-6,16-17,19-21H2,1-4H3,(H,36,38)(H,39,40)/t28-,32-,34+/m1/s1. The predicted octanol–water partition coefficient (Wildman–Crippen LogP) is 5.82. The quantitative estimate of drug-likeness (QED) is 0.236. The van der Waals surface area contributed by atoms with Crippen LogP contribution < -0.4 is 19.5 Å². The lowest BCUT2D eigenvalue weighted by atomic mass is 9.82. The highest BCUT2D eigenvalue weighted by Gasteiger charge is 2.48. The lowest BCUT2D eigenvalue weighted by Crippen LogP contribution is -2.35. The van der Waals surface area contributed by atoms with Gasteiger partial charge in [0.25, 0.3) is 0 Å². The maximum atomic E-state index is 13.6. The van der Waals surface area contributed by atoms with Crippen molar-refractivity contribution in [2.45, 2.75) is 58.6 Å². The van der Waals surface area contributed by atoms with Gasteiger partial charge in [0, 0.05) is 24.2 Å². The Bertz CT molecular complexity index is 1430. The van der Waals surface area contributed by atoms with Crippen LogP contribution in [0.25, 0.3) is 0 Å². The molecule has 1 fully saturated rings. The molecular formula is C35H42N2O7. The number of nitrogens with one attached hydrogen (secondary N) is 1. The number of carbonyl (C=O) groups excluding carboxylic acids is 1. The minimum Gasteiger partial charge on any atom is -0.491 e. The molecule has 5 rings (SSSR count). The van der Waals surface area contributed by atoms with Crippen molar-refractivity contribution in [2.24, 2.45) is 5.92 Å². The van der Waals surface area contributed by atoms with Gasteiger partial charge in [-0.25, -0.2) is 0 Å². The monoisotopic (exact) mass is 602 g/mol. The van der Waals surface area contributed by atoms with Crippen LogP contribution in [0.2, 0.25) is 0 Å². The number of benzene rings is 3. The first-order valence-corrected chi connectivity index (χ1v) is 15.4. The fraction of sp³-hybridized carbons (Fsp3) is 0.429. The molecule has 0 aliphatic carbocycles. The topological polar surface area (TPSA) is 107 Å². The number of rotatable bonds is 13. The number of aryl methyl sites for hydroxylation is 2. The lowest BCUT2D eigenvalue weighted by molar-refractivity contribution is -0.143. The Balaban J connectivity index is 1.43. The highest BCUT2D eigenvalue weighted by atomic mass is 16.7. The number of hydrogen-bond donors (Lipinski definition) is 2. The highest BCUT2D eigenvalue weighted by Crippen LogP contribution is 2.47. The van der Waals surface area contributed by atoms with Crippen molar-refractivity contribution >= 4 is 17.6 Å². The zero-order chi connectivity index (χ0) is 31.2. The van der Waals surface area contributed by atoms with E-state index in [1.54, 1.807) is 0 Å². The van der Waals surface area contributed by atoms with Crippen molar-refractivity contribution in [3.63, 3.8) is 0 Å². The average molecular weight is 603 g/mol. The van der Waals surface area contributed by atoms with Crippen LogP contribution in [0, 0.1) is 5.92 Å². The van der Waals surface area contributed by atoms with Gasteiger partial charge < -0.3 is 29.4 Å². The molecule has 0 saturated carbocycles. The third-order valence-electron chi connectivity index (χ3n) is 8.34. The molecule has 3 atom stereocenters. The molecule has 9 heteroatoms. The Morgan fingerprint density at radius 1 is 0.955 bits per heavy atom. The van der Waals surface area contributed by atoms with E-state index >= 15 is 0 Å². The third-order valence-corrected chi connectivity index (χ3v) is 8.34. The fourth-order valence-electron chi connectivity index (χ4n) is 6.24. The summed E-state index contributed by atoms with van der Waals surface area (Å²) in [4.78, 5) is 28.6. The molecule has 234 valence electrons. The molecule has 0 aromatic heterocycles. The molecule has 1 amide bonds. The summed E-state index contributed by atoms with van der Waals surface area (Å²) in [5.41, 5.74) is 4.65. The number of likely N-dealkylation sites (tertiary alicyclic amines) is 1. The number of fused-ring (bicyclic) bond motifs is 1. The van der Waals surface area contributed by atoms with E-state index < -0.39 is 17.9 Å². The Kier molecular flexibility index (Phi) is 10.1. The Labute approximate surface area is 259 Å². The molecule has 2 aliphatic heterocycles. The molecule has 2 heterocycles. The highest BCUT2D eigenvalue weighted by molar-refractivity contribution is 5.94. The predicted molar refractivity (Wildman–Crippen MR) is 168 cm³/mol. The van der Waals surface area contributed by atoms with E-state index in [1.807, 2.05) is 79.4 Å². The van der Waals surface area contributed by atoms with Crippen molar-refractivity contribution in [1.82, 2.24) is 4.90 Å². The summed E-state index contributed by atoms with van der Waals surface area (Å²) < 4.78 is 22.5. The third kappa shape index (κ3) is 7.00. The number of carboxylic acids is 1. The van der Waals surface area contributed by atoms with Crippen LogP contribution in [0.5, 0.6) is 17.2 Å². The summed E-state index contributed by atoms with van der Waals surface area (Å²) >= 11 is 0. The van der Waals surface area contributed by atoms with Crippen LogP contribution >= 0.6 is 0 Å². The van der Waals surface area contributed by atoms with Gasteiger partial charge in [0.1, 0.15) is 12.4 Å². The molecule has 0 spiro atoms. The van der Waals surface area contributed by atoms with Gasteiger partial charge in [-0.1, -0.05) is 50.2 Å². The normalized spacial score (nSPS) is 19.3. The SMILES string of the molecule is CCc1cccc(CC)c1NC(=O)CN1C[C@H](c2ccc3c(c2)OCO3)[C@@H](C(=O)O)[C@@H]1c1ccc(OCCOC(C)C)cc1. The first kappa shape index (κ1) is 31.3. The summed E-state index contributed by atoms with van der Waals surface area (Å²) in [6.45, 7) is 9.54.